The third-order valence-electron chi connectivity index (χ3n) is 4.79. The van der Waals surface area contributed by atoms with Crippen molar-refractivity contribution in [3.05, 3.63) is 30.0 Å². The number of amides is 4. The van der Waals surface area contributed by atoms with Gasteiger partial charge in [-0.05, 0) is 33.8 Å². The highest BCUT2D eigenvalue weighted by atomic mass is 16.6. The second-order valence-corrected chi connectivity index (χ2v) is 9.28. The van der Waals surface area contributed by atoms with Crippen molar-refractivity contribution in [3.8, 4) is 0 Å². The summed E-state index contributed by atoms with van der Waals surface area (Å²) >= 11 is 0. The Morgan fingerprint density at radius 3 is 2.24 bits per heavy atom. The van der Waals surface area contributed by atoms with Crippen LogP contribution in [0.1, 0.15) is 61.6 Å². The van der Waals surface area contributed by atoms with E-state index in [1.54, 1.807) is 48.0 Å². The Kier molecular flexibility index (Phi) is 10.4. The number of ether oxygens (including phenoxy) is 2. The smallest absolute Gasteiger partial charge is 0.412 e. The van der Waals surface area contributed by atoms with E-state index < -0.39 is 35.4 Å². The van der Waals surface area contributed by atoms with Gasteiger partial charge in [0.2, 0.25) is 11.7 Å². The maximum atomic E-state index is 12.5. The van der Waals surface area contributed by atoms with Crippen LogP contribution in [0.5, 0.6) is 0 Å². The Morgan fingerprint density at radius 1 is 0.921 bits per heavy atom. The Bertz CT molecular complexity index is 1180. The van der Waals surface area contributed by atoms with Gasteiger partial charge in [-0.15, -0.1) is 0 Å². The number of aryl methyl sites for hydroxylation is 2. The molecule has 208 valence electrons. The zero-order chi connectivity index (χ0) is 28.5. The molecule has 0 radical (unpaired) electrons. The Balaban J connectivity index is 1.81. The molecule has 0 aliphatic rings. The summed E-state index contributed by atoms with van der Waals surface area (Å²) in [4.78, 5) is 64.5. The monoisotopic (exact) mass is 533 g/mol. The van der Waals surface area contributed by atoms with E-state index in [0.29, 0.717) is 5.69 Å². The van der Waals surface area contributed by atoms with E-state index in [9.17, 15) is 24.0 Å². The van der Waals surface area contributed by atoms with Crippen molar-refractivity contribution >= 4 is 41.3 Å². The molecule has 4 amide bonds. The lowest BCUT2D eigenvalue weighted by Crippen LogP contribution is -2.29. The van der Waals surface area contributed by atoms with Crippen molar-refractivity contribution in [3.63, 3.8) is 0 Å². The fraction of sp³-hybridized carbons (Fsp3) is 0.500. The first kappa shape index (κ1) is 29.9. The third-order valence-corrected chi connectivity index (χ3v) is 4.79. The number of nitrogens with one attached hydrogen (secondary N) is 4. The summed E-state index contributed by atoms with van der Waals surface area (Å²) in [6.45, 7) is 7.32. The van der Waals surface area contributed by atoms with Gasteiger partial charge in [-0.2, -0.15) is 0 Å². The average Bonchev–Trinajstić information content (AvgIpc) is 3.33. The SMILES string of the molecule is CCOC(=O)CCNC(=O)c1nc(NC(=O)CCNC(=O)c2cc(NC(=O)OC(C)(C)C)cn2C)cn1C. The molecule has 0 unspecified atom stereocenters. The number of aromatic nitrogens is 3. The lowest BCUT2D eigenvalue weighted by Gasteiger charge is -2.19. The van der Waals surface area contributed by atoms with E-state index in [4.69, 9.17) is 9.47 Å². The molecule has 0 bridgehead atoms. The molecule has 0 aliphatic heterocycles. The molecule has 2 rings (SSSR count). The lowest BCUT2D eigenvalue weighted by atomic mass is 10.2. The number of rotatable bonds is 11. The van der Waals surface area contributed by atoms with Crippen LogP contribution in [-0.4, -0.2) is 69.2 Å². The zero-order valence-electron chi connectivity index (χ0n) is 22.5. The Labute approximate surface area is 220 Å². The summed E-state index contributed by atoms with van der Waals surface area (Å²) in [6, 6.07) is 1.49. The van der Waals surface area contributed by atoms with Crippen molar-refractivity contribution in [2.24, 2.45) is 14.1 Å². The van der Waals surface area contributed by atoms with E-state index in [0.717, 1.165) is 0 Å². The average molecular weight is 534 g/mol. The molecular formula is C24H35N7O7. The minimum absolute atomic E-state index is 0.0314. The van der Waals surface area contributed by atoms with Crippen molar-refractivity contribution in [1.82, 2.24) is 24.8 Å². The van der Waals surface area contributed by atoms with Crippen LogP contribution in [0.25, 0.3) is 0 Å². The molecule has 0 spiro atoms. The highest BCUT2D eigenvalue weighted by Gasteiger charge is 2.19. The quantitative estimate of drug-likeness (QED) is 0.315. The van der Waals surface area contributed by atoms with Gasteiger partial charge in [-0.1, -0.05) is 0 Å². The molecular weight excluding hydrogens is 498 g/mol. The van der Waals surface area contributed by atoms with Gasteiger partial charge in [0, 0.05) is 46.0 Å². The van der Waals surface area contributed by atoms with Gasteiger partial charge in [0.25, 0.3) is 11.8 Å². The first-order valence-corrected chi connectivity index (χ1v) is 12.0. The summed E-state index contributed by atoms with van der Waals surface area (Å²) in [5.74, 6) is -1.56. The molecule has 0 fully saturated rings. The third kappa shape index (κ3) is 9.59. The van der Waals surface area contributed by atoms with E-state index >= 15 is 0 Å². The summed E-state index contributed by atoms with van der Waals surface area (Å²) in [5, 5.41) is 10.4. The zero-order valence-corrected chi connectivity index (χ0v) is 22.5. The Hall–Kier alpha value is -4.36. The van der Waals surface area contributed by atoms with Crippen molar-refractivity contribution in [2.75, 3.05) is 30.3 Å². The fourth-order valence-corrected chi connectivity index (χ4v) is 3.19. The number of carbonyl (C=O) groups excluding carboxylic acids is 5. The van der Waals surface area contributed by atoms with Crippen LogP contribution in [0.15, 0.2) is 18.5 Å². The molecule has 0 saturated heterocycles. The maximum Gasteiger partial charge on any atom is 0.412 e. The number of esters is 1. The van der Waals surface area contributed by atoms with Crippen LogP contribution in [0.3, 0.4) is 0 Å². The second kappa shape index (κ2) is 13.3. The first-order valence-electron chi connectivity index (χ1n) is 12.0. The van der Waals surface area contributed by atoms with Crippen LogP contribution in [0.2, 0.25) is 0 Å². The molecule has 0 atom stereocenters. The largest absolute Gasteiger partial charge is 0.466 e. The predicted molar refractivity (Wildman–Crippen MR) is 138 cm³/mol. The van der Waals surface area contributed by atoms with Gasteiger partial charge < -0.3 is 34.6 Å². The van der Waals surface area contributed by atoms with Gasteiger partial charge >= 0.3 is 12.1 Å². The van der Waals surface area contributed by atoms with Gasteiger partial charge in [-0.25, -0.2) is 9.78 Å². The van der Waals surface area contributed by atoms with Crippen molar-refractivity contribution < 1.29 is 33.4 Å². The molecule has 2 aromatic rings. The minimum atomic E-state index is -0.658. The number of hydrogen-bond acceptors (Lipinski definition) is 8. The normalized spacial score (nSPS) is 10.9. The maximum absolute atomic E-state index is 12.5. The highest BCUT2D eigenvalue weighted by Crippen LogP contribution is 2.15. The van der Waals surface area contributed by atoms with Crippen molar-refractivity contribution in [1.29, 1.82) is 0 Å². The summed E-state index contributed by atoms with van der Waals surface area (Å²) in [7, 11) is 3.24. The molecule has 4 N–H and O–H groups in total. The predicted octanol–water partition coefficient (Wildman–Crippen LogP) is 1.55. The minimum Gasteiger partial charge on any atom is -0.466 e. The lowest BCUT2D eigenvalue weighted by molar-refractivity contribution is -0.142. The molecule has 2 aromatic heterocycles. The van der Waals surface area contributed by atoms with Crippen LogP contribution < -0.4 is 21.3 Å². The van der Waals surface area contributed by atoms with Crippen molar-refractivity contribution in [2.45, 2.75) is 46.1 Å². The molecule has 0 aromatic carbocycles. The summed E-state index contributed by atoms with van der Waals surface area (Å²) in [6.07, 6.45) is 2.39. The first-order chi connectivity index (χ1) is 17.8. The molecule has 38 heavy (non-hydrogen) atoms. The summed E-state index contributed by atoms with van der Waals surface area (Å²) in [5.41, 5.74) is 0.00850. The van der Waals surface area contributed by atoms with E-state index in [1.807, 2.05) is 0 Å². The molecule has 0 aliphatic carbocycles. The second-order valence-electron chi connectivity index (χ2n) is 9.28. The van der Waals surface area contributed by atoms with Crippen LogP contribution in [0, 0.1) is 0 Å². The van der Waals surface area contributed by atoms with Gasteiger partial charge in [0.05, 0.1) is 18.7 Å². The number of nitrogens with zero attached hydrogens (tertiary/aromatic N) is 3. The van der Waals surface area contributed by atoms with Gasteiger partial charge in [-0.3, -0.25) is 24.5 Å². The number of imidazole rings is 1. The molecule has 0 saturated carbocycles. The van der Waals surface area contributed by atoms with Gasteiger partial charge in [0.15, 0.2) is 5.82 Å². The number of hydrogen-bond donors (Lipinski definition) is 4. The molecule has 14 heteroatoms. The van der Waals surface area contributed by atoms with Crippen LogP contribution in [-0.2, 0) is 33.2 Å². The highest BCUT2D eigenvalue weighted by molar-refractivity contribution is 5.96. The van der Waals surface area contributed by atoms with Crippen LogP contribution >= 0.6 is 0 Å². The standard InChI is InChI=1S/C24H35N7O7/c1-7-37-19(33)9-11-26-22(35)20-29-17(14-31(20)6)28-18(32)8-10-25-21(34)16-12-15(13-30(16)5)27-23(36)38-24(2,3)4/h12-14H,7-11H2,1-6H3,(H,25,34)(H,26,35)(H,27,36)(H,28,32). The van der Waals surface area contributed by atoms with E-state index in [1.165, 1.54) is 21.4 Å². The van der Waals surface area contributed by atoms with E-state index in [2.05, 4.69) is 26.3 Å². The van der Waals surface area contributed by atoms with Gasteiger partial charge in [0.1, 0.15) is 11.3 Å². The van der Waals surface area contributed by atoms with E-state index in [-0.39, 0.29) is 49.9 Å². The molecule has 2 heterocycles. The fourth-order valence-electron chi connectivity index (χ4n) is 3.19. The number of carbonyl (C=O) groups is 5. The number of anilines is 2. The summed E-state index contributed by atoms with van der Waals surface area (Å²) < 4.78 is 13.0. The van der Waals surface area contributed by atoms with Crippen LogP contribution in [0.4, 0.5) is 16.3 Å². The molecule has 14 nitrogen and oxygen atoms in total. The topological polar surface area (TPSA) is 175 Å². The Morgan fingerprint density at radius 2 is 1.58 bits per heavy atom.